The lowest BCUT2D eigenvalue weighted by molar-refractivity contribution is 0.102. The van der Waals surface area contributed by atoms with E-state index in [1.54, 1.807) is 0 Å². The van der Waals surface area contributed by atoms with Crippen LogP contribution >= 0.6 is 23.1 Å². The quantitative estimate of drug-likeness (QED) is 0.712. The Labute approximate surface area is 121 Å². The highest BCUT2D eigenvalue weighted by Gasteiger charge is 2.17. The molecule has 2 N–H and O–H groups in total. The number of H-pyrrole nitrogens is 1. The van der Waals surface area contributed by atoms with Crippen LogP contribution in [0.25, 0.3) is 11.2 Å². The third-order valence-corrected chi connectivity index (χ3v) is 3.60. The van der Waals surface area contributed by atoms with Gasteiger partial charge in [0, 0.05) is 0 Å². The highest BCUT2D eigenvalue weighted by molar-refractivity contribution is 7.08. The summed E-state index contributed by atoms with van der Waals surface area (Å²) < 4.78 is 3.76. The van der Waals surface area contributed by atoms with Crippen molar-refractivity contribution in [3.8, 4) is 0 Å². The van der Waals surface area contributed by atoms with E-state index in [0.29, 0.717) is 28.2 Å². The number of aryl methyl sites for hydroxylation is 1. The van der Waals surface area contributed by atoms with Gasteiger partial charge in [0.05, 0.1) is 12.0 Å². The smallest absolute Gasteiger partial charge is 0.271 e. The van der Waals surface area contributed by atoms with Gasteiger partial charge in [-0.3, -0.25) is 10.1 Å². The van der Waals surface area contributed by atoms with Crippen molar-refractivity contribution in [3.63, 3.8) is 0 Å². The number of nitrogens with one attached hydrogen (secondary N) is 2. The van der Waals surface area contributed by atoms with Gasteiger partial charge in [-0.25, -0.2) is 4.98 Å². The molecule has 0 saturated heterocycles. The summed E-state index contributed by atoms with van der Waals surface area (Å²) >= 11 is 7.00. The number of aromatic amines is 1. The van der Waals surface area contributed by atoms with E-state index in [9.17, 15) is 4.79 Å². The van der Waals surface area contributed by atoms with E-state index in [1.807, 2.05) is 6.92 Å². The molecule has 1 amide bonds. The van der Waals surface area contributed by atoms with E-state index in [-0.39, 0.29) is 17.0 Å². The number of carbonyl (C=O) groups is 1. The summed E-state index contributed by atoms with van der Waals surface area (Å²) in [6, 6.07) is 0. The number of carbonyl (C=O) groups excluding carboxylic acids is 1. The van der Waals surface area contributed by atoms with E-state index in [2.05, 4.69) is 34.8 Å². The first-order chi connectivity index (χ1) is 9.69. The Balaban J connectivity index is 1.91. The number of aromatic nitrogens is 6. The van der Waals surface area contributed by atoms with Crippen molar-refractivity contribution in [2.24, 2.45) is 0 Å². The zero-order valence-corrected chi connectivity index (χ0v) is 11.8. The molecule has 3 aromatic rings. The molecule has 0 aliphatic carbocycles. The Hall–Kier alpha value is -2.13. The van der Waals surface area contributed by atoms with Gasteiger partial charge in [0.1, 0.15) is 10.4 Å². The van der Waals surface area contributed by atoms with E-state index < -0.39 is 0 Å². The first kappa shape index (κ1) is 12.9. The van der Waals surface area contributed by atoms with E-state index >= 15 is 0 Å². The van der Waals surface area contributed by atoms with Crippen LogP contribution in [0.2, 0.25) is 5.15 Å². The SMILES string of the molecule is CCc1nnsc1C(=O)Nc1nc(Cl)c2[nH]cnc2n1. The molecule has 20 heavy (non-hydrogen) atoms. The van der Waals surface area contributed by atoms with Crippen LogP contribution in [-0.4, -0.2) is 35.4 Å². The molecule has 3 aromatic heterocycles. The van der Waals surface area contributed by atoms with Crippen LogP contribution in [0.1, 0.15) is 22.3 Å². The number of imidazole rings is 1. The third kappa shape index (κ3) is 2.21. The van der Waals surface area contributed by atoms with E-state index in [0.717, 1.165) is 11.5 Å². The molecule has 0 unspecified atom stereocenters. The van der Waals surface area contributed by atoms with Crippen LogP contribution in [0.4, 0.5) is 5.95 Å². The molecular weight excluding hydrogens is 302 g/mol. The van der Waals surface area contributed by atoms with Crippen LogP contribution in [0.3, 0.4) is 0 Å². The van der Waals surface area contributed by atoms with Crippen LogP contribution in [0.5, 0.6) is 0 Å². The molecule has 0 spiro atoms. The fraction of sp³-hybridized carbons (Fsp3) is 0.200. The highest BCUT2D eigenvalue weighted by atomic mass is 35.5. The van der Waals surface area contributed by atoms with Gasteiger partial charge < -0.3 is 4.98 Å². The Morgan fingerprint density at radius 2 is 2.35 bits per heavy atom. The van der Waals surface area contributed by atoms with Crippen LogP contribution in [0.15, 0.2) is 6.33 Å². The van der Waals surface area contributed by atoms with Crippen molar-refractivity contribution in [2.45, 2.75) is 13.3 Å². The molecule has 10 heteroatoms. The van der Waals surface area contributed by atoms with Gasteiger partial charge in [0.15, 0.2) is 10.8 Å². The van der Waals surface area contributed by atoms with Crippen molar-refractivity contribution < 1.29 is 4.79 Å². The minimum atomic E-state index is -0.359. The lowest BCUT2D eigenvalue weighted by Gasteiger charge is -2.02. The van der Waals surface area contributed by atoms with Gasteiger partial charge in [0.2, 0.25) is 5.95 Å². The van der Waals surface area contributed by atoms with Crippen molar-refractivity contribution in [3.05, 3.63) is 22.1 Å². The largest absolute Gasteiger partial charge is 0.341 e. The summed E-state index contributed by atoms with van der Waals surface area (Å²) in [4.78, 5) is 27.4. The van der Waals surface area contributed by atoms with Crippen LogP contribution in [0, 0.1) is 0 Å². The summed E-state index contributed by atoms with van der Waals surface area (Å²) in [6.45, 7) is 1.90. The molecular formula is C10H8ClN7OS. The van der Waals surface area contributed by atoms with Gasteiger partial charge in [-0.2, -0.15) is 9.97 Å². The van der Waals surface area contributed by atoms with E-state index in [4.69, 9.17) is 11.6 Å². The zero-order chi connectivity index (χ0) is 14.1. The minimum Gasteiger partial charge on any atom is -0.341 e. The Kier molecular flexibility index (Phi) is 3.28. The fourth-order valence-electron chi connectivity index (χ4n) is 1.62. The van der Waals surface area contributed by atoms with Gasteiger partial charge in [-0.05, 0) is 18.0 Å². The van der Waals surface area contributed by atoms with Crippen LogP contribution in [-0.2, 0) is 6.42 Å². The number of anilines is 1. The maximum Gasteiger partial charge on any atom is 0.271 e. The number of nitrogens with zero attached hydrogens (tertiary/aromatic N) is 5. The second-order valence-electron chi connectivity index (χ2n) is 3.80. The van der Waals surface area contributed by atoms with Crippen molar-refractivity contribution >= 4 is 46.2 Å². The normalized spacial score (nSPS) is 10.9. The molecule has 3 heterocycles. The molecule has 0 bridgehead atoms. The number of hydrogen-bond donors (Lipinski definition) is 2. The number of hydrogen-bond acceptors (Lipinski definition) is 7. The summed E-state index contributed by atoms with van der Waals surface area (Å²) in [5, 5.41) is 6.65. The molecule has 0 fully saturated rings. The standard InChI is InChI=1S/C10H8ClN7OS/c1-2-4-6(20-18-17-4)9(19)16-10-14-7(11)5-8(15-10)13-3-12-5/h3H,2H2,1H3,(H2,12,13,14,15,16,19). The van der Waals surface area contributed by atoms with Gasteiger partial charge >= 0.3 is 0 Å². The Morgan fingerprint density at radius 1 is 1.50 bits per heavy atom. The third-order valence-electron chi connectivity index (χ3n) is 2.56. The van der Waals surface area contributed by atoms with Crippen LogP contribution < -0.4 is 5.32 Å². The predicted molar refractivity (Wildman–Crippen MR) is 73.9 cm³/mol. The lowest BCUT2D eigenvalue weighted by atomic mass is 10.3. The molecule has 0 atom stereocenters. The Bertz CT molecular complexity index is 783. The maximum absolute atomic E-state index is 12.1. The fourth-order valence-corrected chi connectivity index (χ4v) is 2.49. The molecule has 8 nitrogen and oxygen atoms in total. The first-order valence-corrected chi connectivity index (χ1v) is 6.83. The average molecular weight is 310 g/mol. The average Bonchev–Trinajstić information content (AvgIpc) is 3.06. The number of halogens is 1. The number of amides is 1. The molecule has 0 saturated carbocycles. The van der Waals surface area contributed by atoms with Crippen molar-refractivity contribution in [2.75, 3.05) is 5.32 Å². The summed E-state index contributed by atoms with van der Waals surface area (Å²) in [7, 11) is 0. The summed E-state index contributed by atoms with van der Waals surface area (Å²) in [5.41, 5.74) is 1.55. The second-order valence-corrected chi connectivity index (χ2v) is 4.91. The minimum absolute atomic E-state index is 0.0926. The predicted octanol–water partition coefficient (Wildman–Crippen LogP) is 1.67. The zero-order valence-electron chi connectivity index (χ0n) is 10.2. The van der Waals surface area contributed by atoms with Gasteiger partial charge in [-0.15, -0.1) is 5.10 Å². The molecule has 0 aromatic carbocycles. The topological polar surface area (TPSA) is 109 Å². The maximum atomic E-state index is 12.1. The molecule has 0 aliphatic heterocycles. The molecule has 0 aliphatic rings. The highest BCUT2D eigenvalue weighted by Crippen LogP contribution is 2.19. The Morgan fingerprint density at radius 3 is 3.15 bits per heavy atom. The van der Waals surface area contributed by atoms with Crippen molar-refractivity contribution in [1.29, 1.82) is 0 Å². The first-order valence-electron chi connectivity index (χ1n) is 5.68. The molecule has 102 valence electrons. The number of rotatable bonds is 3. The number of fused-ring (bicyclic) bond motifs is 1. The monoisotopic (exact) mass is 309 g/mol. The van der Waals surface area contributed by atoms with Crippen molar-refractivity contribution in [1.82, 2.24) is 29.5 Å². The van der Waals surface area contributed by atoms with Gasteiger partial charge in [0.25, 0.3) is 5.91 Å². The summed E-state index contributed by atoms with van der Waals surface area (Å²) in [5.74, 6) is -0.266. The molecule has 3 rings (SSSR count). The summed E-state index contributed by atoms with van der Waals surface area (Å²) in [6.07, 6.45) is 2.08. The van der Waals surface area contributed by atoms with E-state index in [1.165, 1.54) is 6.33 Å². The second kappa shape index (κ2) is 5.10. The molecule has 0 radical (unpaired) electrons. The van der Waals surface area contributed by atoms with Gasteiger partial charge in [-0.1, -0.05) is 23.0 Å². The lowest BCUT2D eigenvalue weighted by Crippen LogP contribution is -2.14.